The molecule has 3 rings (SSSR count). The van der Waals surface area contributed by atoms with Crippen molar-refractivity contribution >= 4 is 17.3 Å². The Morgan fingerprint density at radius 2 is 1.76 bits per heavy atom. The molecule has 34 heavy (non-hydrogen) atoms. The predicted molar refractivity (Wildman–Crippen MR) is 123 cm³/mol. The number of rotatable bonds is 9. The molecular weight excluding hydrogens is 446 g/mol. The van der Waals surface area contributed by atoms with Gasteiger partial charge in [0.05, 0.1) is 24.4 Å². The van der Waals surface area contributed by atoms with E-state index in [2.05, 4.69) is 9.72 Å². The zero-order chi connectivity index (χ0) is 24.9. The fourth-order valence-electron chi connectivity index (χ4n) is 3.19. The molecule has 0 amide bonds. The van der Waals surface area contributed by atoms with Gasteiger partial charge in [-0.3, -0.25) is 0 Å². The van der Waals surface area contributed by atoms with Gasteiger partial charge >= 0.3 is 12.6 Å². The Labute approximate surface area is 197 Å². The third kappa shape index (κ3) is 6.46. The van der Waals surface area contributed by atoms with E-state index in [-0.39, 0.29) is 18.1 Å². The smallest absolute Gasteiger partial charge is 0.387 e. The number of anilines is 2. The van der Waals surface area contributed by atoms with E-state index in [1.54, 1.807) is 64.1 Å². The van der Waals surface area contributed by atoms with E-state index in [1.165, 1.54) is 12.5 Å². The second kappa shape index (κ2) is 10.5. The summed E-state index contributed by atoms with van der Waals surface area (Å²) in [7, 11) is 0. The largest absolute Gasteiger partial charge is 0.490 e. The molecule has 1 heterocycles. The molecule has 3 aromatic rings. The summed E-state index contributed by atoms with van der Waals surface area (Å²) in [6, 6.07) is 11.6. The standard InChI is InChI=1S/C25H28F2N2O5/c1-6-31-21-13-19(11-12-20(21)33-24(26)27)29(14-22-16(2)28-15-32-22)18-9-7-17(8-10-18)23(30)34-25(3,4)5/h7-13,15,24H,6,14H2,1-5H3. The molecule has 0 spiro atoms. The van der Waals surface area contributed by atoms with E-state index in [0.717, 1.165) is 11.4 Å². The number of esters is 1. The molecule has 0 radical (unpaired) electrons. The zero-order valence-corrected chi connectivity index (χ0v) is 19.8. The van der Waals surface area contributed by atoms with Gasteiger partial charge in [-0.1, -0.05) is 0 Å². The number of aromatic nitrogens is 1. The maximum Gasteiger partial charge on any atom is 0.387 e. The van der Waals surface area contributed by atoms with Crippen molar-refractivity contribution in [3.63, 3.8) is 0 Å². The number of halogens is 2. The number of benzene rings is 2. The van der Waals surface area contributed by atoms with Gasteiger partial charge < -0.3 is 23.5 Å². The molecule has 0 saturated carbocycles. The molecule has 0 unspecified atom stereocenters. The molecule has 0 saturated heterocycles. The summed E-state index contributed by atoms with van der Waals surface area (Å²) in [6.07, 6.45) is 1.36. The van der Waals surface area contributed by atoms with Gasteiger partial charge in [-0.25, -0.2) is 9.78 Å². The highest BCUT2D eigenvalue weighted by molar-refractivity contribution is 5.90. The number of alkyl halides is 2. The molecule has 7 nitrogen and oxygen atoms in total. The minimum absolute atomic E-state index is 0.0586. The summed E-state index contributed by atoms with van der Waals surface area (Å²) in [5.41, 5.74) is 1.89. The van der Waals surface area contributed by atoms with Crippen LogP contribution in [0.2, 0.25) is 0 Å². The zero-order valence-electron chi connectivity index (χ0n) is 19.8. The van der Waals surface area contributed by atoms with Crippen LogP contribution in [0.5, 0.6) is 11.5 Å². The first-order valence-electron chi connectivity index (χ1n) is 10.8. The van der Waals surface area contributed by atoms with Gasteiger partial charge in [0.1, 0.15) is 11.4 Å². The maximum absolute atomic E-state index is 12.8. The van der Waals surface area contributed by atoms with Crippen LogP contribution in [-0.2, 0) is 11.3 Å². The molecule has 0 atom stereocenters. The number of carbonyl (C=O) groups excluding carboxylic acids is 1. The van der Waals surface area contributed by atoms with Crippen LogP contribution in [0.25, 0.3) is 0 Å². The molecule has 182 valence electrons. The number of nitrogens with zero attached hydrogens (tertiary/aromatic N) is 2. The number of ether oxygens (including phenoxy) is 3. The summed E-state index contributed by atoms with van der Waals surface area (Å²) in [4.78, 5) is 18.4. The molecule has 9 heteroatoms. The van der Waals surface area contributed by atoms with E-state index in [0.29, 0.717) is 23.6 Å². The van der Waals surface area contributed by atoms with Gasteiger partial charge in [-0.15, -0.1) is 0 Å². The summed E-state index contributed by atoms with van der Waals surface area (Å²) >= 11 is 0. The van der Waals surface area contributed by atoms with E-state index < -0.39 is 18.2 Å². The summed E-state index contributed by atoms with van der Waals surface area (Å²) in [6.45, 7) is 6.59. The Hall–Kier alpha value is -3.62. The van der Waals surface area contributed by atoms with Gasteiger partial charge in [0.15, 0.2) is 17.9 Å². The normalized spacial score (nSPS) is 11.4. The predicted octanol–water partition coefficient (Wildman–Crippen LogP) is 6.28. The SMILES string of the molecule is CCOc1cc(N(Cc2ocnc2C)c2ccc(C(=O)OC(C)(C)C)cc2)ccc1OC(F)F. The lowest BCUT2D eigenvalue weighted by molar-refractivity contribution is -0.0514. The third-order valence-electron chi connectivity index (χ3n) is 4.72. The van der Waals surface area contributed by atoms with Crippen LogP contribution in [-0.4, -0.2) is 29.8 Å². The average Bonchev–Trinajstić information content (AvgIpc) is 3.16. The van der Waals surface area contributed by atoms with Crippen LogP contribution in [0.3, 0.4) is 0 Å². The van der Waals surface area contributed by atoms with Crippen molar-refractivity contribution in [3.8, 4) is 11.5 Å². The lowest BCUT2D eigenvalue weighted by atomic mass is 10.1. The number of hydrogen-bond donors (Lipinski definition) is 0. The van der Waals surface area contributed by atoms with Crippen molar-refractivity contribution in [2.75, 3.05) is 11.5 Å². The molecule has 0 aliphatic rings. The second-order valence-electron chi connectivity index (χ2n) is 8.44. The number of hydrogen-bond acceptors (Lipinski definition) is 7. The summed E-state index contributed by atoms with van der Waals surface area (Å²) < 4.78 is 46.7. The maximum atomic E-state index is 12.8. The van der Waals surface area contributed by atoms with Crippen LogP contribution < -0.4 is 14.4 Å². The van der Waals surface area contributed by atoms with E-state index >= 15 is 0 Å². The van der Waals surface area contributed by atoms with Gasteiger partial charge in [-0.05, 0) is 71.0 Å². The molecular formula is C25H28F2N2O5. The Kier molecular flexibility index (Phi) is 7.75. The van der Waals surface area contributed by atoms with Gasteiger partial charge in [0, 0.05) is 17.4 Å². The highest BCUT2D eigenvalue weighted by Crippen LogP contribution is 2.37. The lowest BCUT2D eigenvalue weighted by Gasteiger charge is -2.26. The Balaban J connectivity index is 1.98. The number of carbonyl (C=O) groups is 1. The second-order valence-corrected chi connectivity index (χ2v) is 8.44. The van der Waals surface area contributed by atoms with Crippen molar-refractivity contribution in [3.05, 3.63) is 65.9 Å². The highest BCUT2D eigenvalue weighted by Gasteiger charge is 2.21. The van der Waals surface area contributed by atoms with E-state index in [4.69, 9.17) is 13.9 Å². The minimum Gasteiger partial charge on any atom is -0.490 e. The first-order valence-corrected chi connectivity index (χ1v) is 10.8. The van der Waals surface area contributed by atoms with E-state index in [1.807, 2.05) is 11.8 Å². The van der Waals surface area contributed by atoms with Gasteiger partial charge in [-0.2, -0.15) is 8.78 Å². The molecule has 2 aromatic carbocycles. The monoisotopic (exact) mass is 474 g/mol. The third-order valence-corrected chi connectivity index (χ3v) is 4.72. The quantitative estimate of drug-likeness (QED) is 0.338. The van der Waals surface area contributed by atoms with Crippen LogP contribution in [0, 0.1) is 6.92 Å². The van der Waals surface area contributed by atoms with Crippen molar-refractivity contribution in [1.29, 1.82) is 0 Å². The first kappa shape index (κ1) is 25.0. The van der Waals surface area contributed by atoms with Crippen LogP contribution in [0.1, 0.15) is 49.5 Å². The lowest BCUT2D eigenvalue weighted by Crippen LogP contribution is -2.24. The highest BCUT2D eigenvalue weighted by atomic mass is 19.3. The first-order chi connectivity index (χ1) is 16.1. The van der Waals surface area contributed by atoms with Crippen molar-refractivity contribution < 1.29 is 32.2 Å². The summed E-state index contributed by atoms with van der Waals surface area (Å²) in [5, 5.41) is 0. The average molecular weight is 475 g/mol. The van der Waals surface area contributed by atoms with Crippen LogP contribution in [0.4, 0.5) is 20.2 Å². The van der Waals surface area contributed by atoms with Crippen molar-refractivity contribution in [2.24, 2.45) is 0 Å². The number of aryl methyl sites for hydroxylation is 1. The minimum atomic E-state index is -2.97. The molecule has 0 N–H and O–H groups in total. The van der Waals surface area contributed by atoms with Crippen molar-refractivity contribution in [2.45, 2.75) is 53.4 Å². The van der Waals surface area contributed by atoms with Gasteiger partial charge in [0.2, 0.25) is 0 Å². The molecule has 1 aromatic heterocycles. The summed E-state index contributed by atoms with van der Waals surface area (Å²) in [5.74, 6) is 0.326. The van der Waals surface area contributed by atoms with Crippen LogP contribution >= 0.6 is 0 Å². The molecule has 0 bridgehead atoms. The molecule has 0 aliphatic heterocycles. The fourth-order valence-corrected chi connectivity index (χ4v) is 3.19. The Bertz CT molecular complexity index is 1110. The molecule has 0 fully saturated rings. The fraction of sp³-hybridized carbons (Fsp3) is 0.360. The van der Waals surface area contributed by atoms with Crippen molar-refractivity contribution in [1.82, 2.24) is 4.98 Å². The number of oxazole rings is 1. The van der Waals surface area contributed by atoms with E-state index in [9.17, 15) is 13.6 Å². The topological polar surface area (TPSA) is 74.0 Å². The van der Waals surface area contributed by atoms with Gasteiger partial charge in [0.25, 0.3) is 0 Å². The molecule has 0 aliphatic carbocycles. The Morgan fingerprint density at radius 1 is 1.09 bits per heavy atom. The van der Waals surface area contributed by atoms with Crippen LogP contribution in [0.15, 0.2) is 53.3 Å². The Morgan fingerprint density at radius 3 is 2.32 bits per heavy atom.